The van der Waals surface area contributed by atoms with Crippen molar-refractivity contribution in [3.05, 3.63) is 34.0 Å². The van der Waals surface area contributed by atoms with Crippen LogP contribution in [0.4, 0.5) is 0 Å². The second kappa shape index (κ2) is 3.76. The Bertz CT molecular complexity index is 492. The third kappa shape index (κ3) is 1.68. The first-order valence-electron chi connectivity index (χ1n) is 4.09. The zero-order chi connectivity index (χ0) is 11.0. The summed E-state index contributed by atoms with van der Waals surface area (Å²) in [6.45, 7) is 0. The largest absolute Gasteiger partial charge is 0.463 e. The molecule has 2 rings (SSSR count). The number of hydrogen-bond acceptors (Lipinski definition) is 3. The summed E-state index contributed by atoms with van der Waals surface area (Å²) in [5.74, 6) is -0.471. The Balaban J connectivity index is 2.70. The van der Waals surface area contributed by atoms with Gasteiger partial charge in [-0.1, -0.05) is 23.2 Å². The summed E-state index contributed by atoms with van der Waals surface area (Å²) in [7, 11) is 1.28. The number of esters is 1. The predicted molar refractivity (Wildman–Crippen MR) is 57.6 cm³/mol. The molecule has 0 fully saturated rings. The van der Waals surface area contributed by atoms with E-state index in [-0.39, 0.29) is 5.76 Å². The van der Waals surface area contributed by atoms with E-state index in [1.165, 1.54) is 13.2 Å². The van der Waals surface area contributed by atoms with Crippen LogP contribution in [0.25, 0.3) is 11.0 Å². The molecular formula is C10H6Cl2O3. The van der Waals surface area contributed by atoms with Gasteiger partial charge in [-0.05, 0) is 12.1 Å². The minimum Gasteiger partial charge on any atom is -0.463 e. The highest BCUT2D eigenvalue weighted by atomic mass is 35.5. The third-order valence-electron chi connectivity index (χ3n) is 1.97. The Morgan fingerprint density at radius 2 is 2.00 bits per heavy atom. The Labute approximate surface area is 95.5 Å². The molecule has 0 amide bonds. The lowest BCUT2D eigenvalue weighted by Gasteiger charge is -1.93. The number of fused-ring (bicyclic) bond motifs is 1. The summed E-state index contributed by atoms with van der Waals surface area (Å²) in [5.41, 5.74) is 0.393. The van der Waals surface area contributed by atoms with E-state index in [9.17, 15) is 4.79 Å². The van der Waals surface area contributed by atoms with Crippen LogP contribution >= 0.6 is 23.2 Å². The first-order valence-corrected chi connectivity index (χ1v) is 4.85. The molecule has 0 unspecified atom stereocenters. The Hall–Kier alpha value is -1.19. The highest BCUT2D eigenvalue weighted by molar-refractivity contribution is 6.39. The molecule has 78 valence electrons. The number of halogens is 2. The van der Waals surface area contributed by atoms with Crippen LogP contribution < -0.4 is 0 Å². The standard InChI is InChI=1S/C10H6Cl2O3/c1-14-10(13)8-4-5-6(11)2-3-7(12)9(5)15-8/h2-4H,1H3. The van der Waals surface area contributed by atoms with Crippen molar-refractivity contribution in [1.29, 1.82) is 0 Å². The number of furan rings is 1. The second-order valence-corrected chi connectivity index (χ2v) is 3.69. The van der Waals surface area contributed by atoms with Gasteiger partial charge >= 0.3 is 5.97 Å². The fourth-order valence-corrected chi connectivity index (χ4v) is 1.67. The molecule has 0 spiro atoms. The van der Waals surface area contributed by atoms with Crippen LogP contribution in [-0.4, -0.2) is 13.1 Å². The van der Waals surface area contributed by atoms with Gasteiger partial charge in [-0.2, -0.15) is 0 Å². The molecule has 0 aliphatic heterocycles. The predicted octanol–water partition coefficient (Wildman–Crippen LogP) is 3.53. The second-order valence-electron chi connectivity index (χ2n) is 2.87. The van der Waals surface area contributed by atoms with Crippen LogP contribution in [-0.2, 0) is 4.74 Å². The van der Waals surface area contributed by atoms with Crippen molar-refractivity contribution in [1.82, 2.24) is 0 Å². The summed E-state index contributed by atoms with van der Waals surface area (Å²) in [6.07, 6.45) is 0. The van der Waals surface area contributed by atoms with E-state index in [4.69, 9.17) is 27.6 Å². The van der Waals surface area contributed by atoms with Crippen LogP contribution in [0.2, 0.25) is 10.0 Å². The summed E-state index contributed by atoms with van der Waals surface area (Å²) >= 11 is 11.8. The van der Waals surface area contributed by atoms with Crippen LogP contribution in [0.3, 0.4) is 0 Å². The maximum atomic E-state index is 11.2. The number of carbonyl (C=O) groups excluding carboxylic acids is 1. The Morgan fingerprint density at radius 3 is 2.60 bits per heavy atom. The van der Waals surface area contributed by atoms with E-state index >= 15 is 0 Å². The number of hydrogen-bond donors (Lipinski definition) is 0. The Kier molecular flexibility index (Phi) is 2.59. The van der Waals surface area contributed by atoms with Crippen LogP contribution in [0, 0.1) is 0 Å². The van der Waals surface area contributed by atoms with E-state index in [2.05, 4.69) is 4.74 Å². The molecule has 2 aromatic rings. The van der Waals surface area contributed by atoms with Gasteiger partial charge in [0.05, 0.1) is 17.2 Å². The van der Waals surface area contributed by atoms with Crippen LogP contribution in [0.5, 0.6) is 0 Å². The summed E-state index contributed by atoms with van der Waals surface area (Å²) in [5, 5.41) is 1.49. The lowest BCUT2D eigenvalue weighted by molar-refractivity contribution is 0.0567. The molecule has 0 aliphatic rings. The summed E-state index contributed by atoms with van der Waals surface area (Å²) in [6, 6.07) is 4.76. The minimum atomic E-state index is -0.557. The van der Waals surface area contributed by atoms with Crippen LogP contribution in [0.15, 0.2) is 22.6 Å². The molecule has 0 aliphatic carbocycles. The highest BCUT2D eigenvalue weighted by Crippen LogP contribution is 2.32. The molecule has 0 saturated heterocycles. The Morgan fingerprint density at radius 1 is 1.33 bits per heavy atom. The minimum absolute atomic E-state index is 0.0856. The van der Waals surface area contributed by atoms with Gasteiger partial charge in [-0.25, -0.2) is 4.79 Å². The molecule has 15 heavy (non-hydrogen) atoms. The van der Waals surface area contributed by atoms with Crippen molar-refractivity contribution < 1.29 is 13.9 Å². The number of methoxy groups -OCH3 is 1. The first kappa shape index (κ1) is 10.3. The maximum absolute atomic E-state index is 11.2. The van der Waals surface area contributed by atoms with Gasteiger partial charge in [0.1, 0.15) is 0 Å². The van der Waals surface area contributed by atoms with Crippen molar-refractivity contribution in [2.75, 3.05) is 7.11 Å². The average Bonchev–Trinajstić information content (AvgIpc) is 2.68. The molecule has 1 aromatic heterocycles. The lowest BCUT2D eigenvalue weighted by Crippen LogP contribution is -1.97. The van der Waals surface area contributed by atoms with E-state index in [1.54, 1.807) is 12.1 Å². The molecule has 0 N–H and O–H groups in total. The topological polar surface area (TPSA) is 39.4 Å². The molecule has 5 heteroatoms. The molecule has 0 atom stereocenters. The normalized spacial score (nSPS) is 10.6. The lowest BCUT2D eigenvalue weighted by atomic mass is 10.2. The number of rotatable bonds is 1. The van der Waals surface area contributed by atoms with Crippen molar-refractivity contribution in [3.8, 4) is 0 Å². The third-order valence-corrected chi connectivity index (χ3v) is 2.60. The van der Waals surface area contributed by atoms with E-state index < -0.39 is 5.97 Å². The smallest absolute Gasteiger partial charge is 0.373 e. The molecule has 0 saturated carbocycles. The van der Waals surface area contributed by atoms with Crippen molar-refractivity contribution >= 4 is 40.1 Å². The zero-order valence-corrected chi connectivity index (χ0v) is 9.22. The van der Waals surface area contributed by atoms with Crippen molar-refractivity contribution in [3.63, 3.8) is 0 Å². The SMILES string of the molecule is COC(=O)c1cc2c(Cl)ccc(Cl)c2o1. The van der Waals surface area contributed by atoms with Crippen molar-refractivity contribution in [2.45, 2.75) is 0 Å². The van der Waals surface area contributed by atoms with E-state index in [0.717, 1.165) is 0 Å². The van der Waals surface area contributed by atoms with Gasteiger partial charge in [0.15, 0.2) is 5.58 Å². The molecule has 0 radical (unpaired) electrons. The van der Waals surface area contributed by atoms with Gasteiger partial charge in [-0.15, -0.1) is 0 Å². The van der Waals surface area contributed by atoms with Gasteiger partial charge in [0.2, 0.25) is 5.76 Å². The van der Waals surface area contributed by atoms with E-state index in [1.807, 2.05) is 0 Å². The van der Waals surface area contributed by atoms with Crippen LogP contribution in [0.1, 0.15) is 10.6 Å². The number of benzene rings is 1. The maximum Gasteiger partial charge on any atom is 0.373 e. The summed E-state index contributed by atoms with van der Waals surface area (Å²) in [4.78, 5) is 11.2. The quantitative estimate of drug-likeness (QED) is 0.721. The van der Waals surface area contributed by atoms with E-state index in [0.29, 0.717) is 21.0 Å². The first-order chi connectivity index (χ1) is 7.13. The molecular weight excluding hydrogens is 239 g/mol. The monoisotopic (exact) mass is 244 g/mol. The van der Waals surface area contributed by atoms with Gasteiger partial charge < -0.3 is 9.15 Å². The molecule has 0 bridgehead atoms. The molecule has 3 nitrogen and oxygen atoms in total. The number of ether oxygens (including phenoxy) is 1. The van der Waals surface area contributed by atoms with Gasteiger partial charge in [0.25, 0.3) is 0 Å². The van der Waals surface area contributed by atoms with Gasteiger partial charge in [-0.3, -0.25) is 0 Å². The zero-order valence-electron chi connectivity index (χ0n) is 7.71. The fourth-order valence-electron chi connectivity index (χ4n) is 1.26. The summed E-state index contributed by atoms with van der Waals surface area (Å²) < 4.78 is 9.77. The van der Waals surface area contributed by atoms with Gasteiger partial charge in [0, 0.05) is 11.5 Å². The average molecular weight is 245 g/mol. The molecule has 1 heterocycles. The molecule has 1 aromatic carbocycles. The highest BCUT2D eigenvalue weighted by Gasteiger charge is 2.15. The fraction of sp³-hybridized carbons (Fsp3) is 0.100. The number of carbonyl (C=O) groups is 1. The van der Waals surface area contributed by atoms with Crippen molar-refractivity contribution in [2.24, 2.45) is 0 Å².